The molecule has 4 radical (unpaired) electrons. The minimum atomic E-state index is -2.64. The summed E-state index contributed by atoms with van der Waals surface area (Å²) in [5.74, 6) is -2.64. The van der Waals surface area contributed by atoms with Gasteiger partial charge in [-0.05, 0) is 13.0 Å². The molecule has 2 saturated heterocycles. The van der Waals surface area contributed by atoms with Crippen LogP contribution in [-0.2, 0) is 4.74 Å². The summed E-state index contributed by atoms with van der Waals surface area (Å²) >= 11 is 0. The predicted octanol–water partition coefficient (Wildman–Crippen LogP) is 1.60. The number of hydrogen-bond donors (Lipinski definition) is 0. The summed E-state index contributed by atoms with van der Waals surface area (Å²) in [5.41, 5.74) is -0.665. The molecule has 0 aromatic carbocycles. The lowest BCUT2D eigenvalue weighted by molar-refractivity contribution is 0.00582. The lowest BCUT2D eigenvalue weighted by atomic mass is 9.52. The minimum Gasteiger partial charge on any atom is -0.383 e. The van der Waals surface area contributed by atoms with Crippen molar-refractivity contribution in [2.75, 3.05) is 26.8 Å². The van der Waals surface area contributed by atoms with Crippen LogP contribution in [0.1, 0.15) is 26.7 Å². The van der Waals surface area contributed by atoms with E-state index in [1.54, 1.807) is 4.90 Å². The van der Waals surface area contributed by atoms with E-state index in [4.69, 9.17) is 20.4 Å². The van der Waals surface area contributed by atoms with E-state index in [9.17, 15) is 8.78 Å². The van der Waals surface area contributed by atoms with Crippen LogP contribution in [0.5, 0.6) is 0 Å². The molecule has 1 atom stereocenters. The minimum absolute atomic E-state index is 0.204. The zero-order chi connectivity index (χ0) is 13.3. The van der Waals surface area contributed by atoms with Crippen molar-refractivity contribution < 1.29 is 13.5 Å². The van der Waals surface area contributed by atoms with Gasteiger partial charge in [0.1, 0.15) is 0 Å². The number of hydrogen-bond acceptors (Lipinski definition) is 2. The molecule has 2 nitrogen and oxygen atoms in total. The lowest BCUT2D eigenvalue weighted by Crippen LogP contribution is -2.42. The van der Waals surface area contributed by atoms with E-state index in [-0.39, 0.29) is 19.6 Å². The third kappa shape index (κ3) is 3.02. The molecule has 0 aliphatic carbocycles. The van der Waals surface area contributed by atoms with Gasteiger partial charge in [0.15, 0.2) is 0 Å². The molecule has 2 fully saturated rings. The van der Waals surface area contributed by atoms with Crippen molar-refractivity contribution in [1.29, 1.82) is 0 Å². The second-order valence-electron chi connectivity index (χ2n) is 4.96. The molecule has 6 heteroatoms. The van der Waals surface area contributed by atoms with Crippen LogP contribution in [0, 0.1) is 0 Å². The summed E-state index contributed by atoms with van der Waals surface area (Å²) in [7, 11) is 13.1. The highest BCUT2D eigenvalue weighted by Crippen LogP contribution is 2.52. The van der Waals surface area contributed by atoms with Gasteiger partial charge in [-0.15, -0.1) is 0 Å². The van der Waals surface area contributed by atoms with E-state index < -0.39 is 16.7 Å². The Balaban J connectivity index is 0.000000686. The molecular formula is C11H19B2F2NO. The van der Waals surface area contributed by atoms with Gasteiger partial charge in [0.05, 0.1) is 28.8 Å². The molecule has 94 valence electrons. The molecular weight excluding hydrogens is 222 g/mol. The highest BCUT2D eigenvalue weighted by Gasteiger charge is 2.60. The largest absolute Gasteiger partial charge is 0.383 e. The Bertz CT molecular complexity index is 254. The molecule has 0 amide bonds. The second-order valence-corrected chi connectivity index (χ2v) is 4.96. The van der Waals surface area contributed by atoms with Gasteiger partial charge < -0.3 is 4.74 Å². The van der Waals surface area contributed by atoms with E-state index in [1.807, 2.05) is 13.8 Å². The van der Waals surface area contributed by atoms with Crippen molar-refractivity contribution in [2.45, 2.75) is 43.4 Å². The normalized spacial score (nSPS) is 33.9. The molecule has 0 aromatic rings. The zero-order valence-corrected chi connectivity index (χ0v) is 10.8. The lowest BCUT2D eigenvalue weighted by Gasteiger charge is -2.30. The van der Waals surface area contributed by atoms with Crippen molar-refractivity contribution in [1.82, 2.24) is 4.90 Å². The van der Waals surface area contributed by atoms with Crippen LogP contribution >= 0.6 is 0 Å². The molecule has 2 aliphatic heterocycles. The van der Waals surface area contributed by atoms with Crippen molar-refractivity contribution in [3.63, 3.8) is 0 Å². The fraction of sp³-hybridized carbons (Fsp3) is 1.00. The molecule has 0 saturated carbocycles. The van der Waals surface area contributed by atoms with E-state index >= 15 is 0 Å². The van der Waals surface area contributed by atoms with E-state index in [0.717, 1.165) is 0 Å². The van der Waals surface area contributed by atoms with Crippen LogP contribution in [0.25, 0.3) is 0 Å². The summed E-state index contributed by atoms with van der Waals surface area (Å²) in [6, 6.07) is 0. The van der Waals surface area contributed by atoms with Gasteiger partial charge in [0.2, 0.25) is 0 Å². The van der Waals surface area contributed by atoms with Crippen molar-refractivity contribution >= 4 is 15.7 Å². The maximum absolute atomic E-state index is 13.3. The molecule has 0 aromatic heterocycles. The standard InChI is InChI=1S/C9H13B2F2NO.C2H6/c1-15-6-7-2-8(10,11)4-14(7)5-9(12,13)3-7;1-2/h2-6H2,1H3;1-2H3. The summed E-state index contributed by atoms with van der Waals surface area (Å²) in [5, 5.41) is -0.866. The number of methoxy groups -OCH3 is 1. The predicted molar refractivity (Wildman–Crippen MR) is 65.9 cm³/mol. The SMILES string of the molecule is CC.[B]C1([B])CN2CC(F)(F)CC2(COC)C1. The maximum Gasteiger partial charge on any atom is 0.262 e. The van der Waals surface area contributed by atoms with Gasteiger partial charge in [-0.25, -0.2) is 8.78 Å². The van der Waals surface area contributed by atoms with Crippen molar-refractivity contribution in [2.24, 2.45) is 0 Å². The van der Waals surface area contributed by atoms with Crippen LogP contribution in [0.4, 0.5) is 8.78 Å². The number of ether oxygens (including phenoxy) is 1. The summed E-state index contributed by atoms with van der Waals surface area (Å²) in [4.78, 5) is 1.68. The van der Waals surface area contributed by atoms with Crippen molar-refractivity contribution in [3.8, 4) is 0 Å². The van der Waals surface area contributed by atoms with Gasteiger partial charge in [-0.3, -0.25) is 4.90 Å². The van der Waals surface area contributed by atoms with Crippen LogP contribution in [0.3, 0.4) is 0 Å². The van der Waals surface area contributed by atoms with Gasteiger partial charge in [-0.1, -0.05) is 19.1 Å². The van der Waals surface area contributed by atoms with Crippen molar-refractivity contribution in [3.05, 3.63) is 0 Å². The first-order valence-corrected chi connectivity index (χ1v) is 5.98. The Morgan fingerprint density at radius 2 is 1.76 bits per heavy atom. The first kappa shape index (κ1) is 15.0. The Morgan fingerprint density at radius 3 is 2.29 bits per heavy atom. The fourth-order valence-corrected chi connectivity index (χ4v) is 2.98. The average molecular weight is 241 g/mol. The zero-order valence-electron chi connectivity index (χ0n) is 10.8. The first-order valence-electron chi connectivity index (χ1n) is 5.98. The number of nitrogens with zero attached hydrogens (tertiary/aromatic N) is 1. The highest BCUT2D eigenvalue weighted by atomic mass is 19.3. The van der Waals surface area contributed by atoms with E-state index in [2.05, 4.69) is 0 Å². The summed E-state index contributed by atoms with van der Waals surface area (Å²) in [6.07, 6.45) is 0.160. The third-order valence-electron chi connectivity index (χ3n) is 3.24. The Labute approximate surface area is 105 Å². The molecule has 2 heterocycles. The van der Waals surface area contributed by atoms with Crippen LogP contribution in [0.15, 0.2) is 0 Å². The maximum atomic E-state index is 13.3. The number of fused-ring (bicyclic) bond motifs is 1. The van der Waals surface area contributed by atoms with Gasteiger partial charge in [0, 0.05) is 19.1 Å². The quantitative estimate of drug-likeness (QED) is 0.680. The molecule has 0 N–H and O–H groups in total. The van der Waals surface area contributed by atoms with Crippen LogP contribution in [-0.4, -0.2) is 58.9 Å². The van der Waals surface area contributed by atoms with E-state index in [0.29, 0.717) is 13.0 Å². The molecule has 2 aliphatic rings. The van der Waals surface area contributed by atoms with E-state index in [1.165, 1.54) is 7.11 Å². The van der Waals surface area contributed by atoms with Crippen LogP contribution < -0.4 is 0 Å². The van der Waals surface area contributed by atoms with Crippen LogP contribution in [0.2, 0.25) is 5.21 Å². The van der Waals surface area contributed by atoms with Gasteiger partial charge in [0.25, 0.3) is 5.92 Å². The Morgan fingerprint density at radius 1 is 1.18 bits per heavy atom. The number of halogens is 2. The topological polar surface area (TPSA) is 12.5 Å². The number of rotatable bonds is 2. The van der Waals surface area contributed by atoms with Gasteiger partial charge >= 0.3 is 0 Å². The smallest absolute Gasteiger partial charge is 0.262 e. The summed E-state index contributed by atoms with van der Waals surface area (Å²) < 4.78 is 31.6. The number of alkyl halides is 2. The second kappa shape index (κ2) is 4.88. The molecule has 2 rings (SSSR count). The van der Waals surface area contributed by atoms with Gasteiger partial charge in [-0.2, -0.15) is 0 Å². The molecule has 0 spiro atoms. The fourth-order valence-electron chi connectivity index (χ4n) is 2.98. The monoisotopic (exact) mass is 241 g/mol. The Hall–Kier alpha value is -0.0901. The first-order chi connectivity index (χ1) is 7.79. The molecule has 1 unspecified atom stereocenters. The molecule has 17 heavy (non-hydrogen) atoms. The highest BCUT2D eigenvalue weighted by molar-refractivity contribution is 6.40. The Kier molecular flexibility index (Phi) is 4.30. The molecule has 0 bridgehead atoms. The summed E-state index contributed by atoms with van der Waals surface area (Å²) in [6.45, 7) is 4.32. The average Bonchev–Trinajstić information content (AvgIpc) is 2.51. The third-order valence-corrected chi connectivity index (χ3v) is 3.24.